The Hall–Kier alpha value is -0.260. The van der Waals surface area contributed by atoms with Crippen molar-refractivity contribution in [1.82, 2.24) is 5.32 Å². The summed E-state index contributed by atoms with van der Waals surface area (Å²) in [5.41, 5.74) is 5.55. The van der Waals surface area contributed by atoms with Crippen LogP contribution in [0.4, 0.5) is 0 Å². The molecule has 3 rings (SSSR count). The van der Waals surface area contributed by atoms with Crippen LogP contribution in [0.5, 0.6) is 0 Å². The number of rotatable bonds is 11. The number of halogens is 3. The van der Waals surface area contributed by atoms with E-state index in [0.29, 0.717) is 6.42 Å². The Balaban J connectivity index is 1.98. The van der Waals surface area contributed by atoms with Gasteiger partial charge < -0.3 is 80.3 Å². The summed E-state index contributed by atoms with van der Waals surface area (Å²) in [5, 5.41) is 85.2. The van der Waals surface area contributed by atoms with Crippen molar-refractivity contribution in [2.45, 2.75) is 109 Å². The van der Waals surface area contributed by atoms with Gasteiger partial charge in [0.2, 0.25) is 0 Å². The van der Waals surface area contributed by atoms with Crippen LogP contribution >= 0.6 is 34.8 Å². The van der Waals surface area contributed by atoms with Crippen molar-refractivity contribution in [3.05, 3.63) is 0 Å². The number of amides is 1. The smallest absolute Gasteiger partial charge is 0.272 e. The van der Waals surface area contributed by atoms with Crippen LogP contribution in [0.3, 0.4) is 0 Å². The molecule has 252 valence electrons. The first-order valence-electron chi connectivity index (χ1n) is 13.4. The van der Waals surface area contributed by atoms with E-state index in [2.05, 4.69) is 5.32 Å². The molecule has 0 unspecified atom stereocenters. The highest BCUT2D eigenvalue weighted by atomic mass is 35.6. The van der Waals surface area contributed by atoms with Crippen molar-refractivity contribution < 1.29 is 74.1 Å². The summed E-state index contributed by atoms with van der Waals surface area (Å²) < 4.78 is 31.9. The number of ether oxygens (including phenoxy) is 6. The van der Waals surface area contributed by atoms with E-state index in [1.165, 1.54) is 6.92 Å². The summed E-state index contributed by atoms with van der Waals surface area (Å²) >= 11 is 16.9. The van der Waals surface area contributed by atoms with E-state index in [4.69, 9.17) is 69.0 Å². The number of hydrogen-bond acceptors (Lipinski definition) is 16. The second-order valence-electron chi connectivity index (χ2n) is 10.3. The van der Waals surface area contributed by atoms with Gasteiger partial charge in [0.1, 0.15) is 67.1 Å². The number of aliphatic hydroxyl groups excluding tert-OH is 8. The highest BCUT2D eigenvalue weighted by Crippen LogP contribution is 2.34. The molecular formula is C23H39Cl3N2O15. The van der Waals surface area contributed by atoms with Crippen molar-refractivity contribution in [3.63, 3.8) is 0 Å². The van der Waals surface area contributed by atoms with Gasteiger partial charge in [-0.15, -0.1) is 0 Å². The first-order chi connectivity index (χ1) is 20.2. The Kier molecular flexibility index (Phi) is 13.9. The predicted octanol–water partition coefficient (Wildman–Crippen LogP) is -4.68. The molecule has 11 N–H and O–H groups in total. The van der Waals surface area contributed by atoms with Gasteiger partial charge >= 0.3 is 0 Å². The lowest BCUT2D eigenvalue weighted by atomic mass is 9.95. The number of nitrogens with two attached hydrogens (primary N) is 1. The molecule has 0 spiro atoms. The monoisotopic (exact) mass is 688 g/mol. The van der Waals surface area contributed by atoms with Gasteiger partial charge in [0, 0.05) is 0 Å². The quantitative estimate of drug-likeness (QED) is 0.0721. The lowest BCUT2D eigenvalue weighted by Gasteiger charge is -2.49. The second kappa shape index (κ2) is 16.0. The fourth-order valence-corrected chi connectivity index (χ4v) is 4.94. The molecule has 0 aliphatic carbocycles. The van der Waals surface area contributed by atoms with Crippen molar-refractivity contribution in [3.8, 4) is 0 Å². The molecule has 43 heavy (non-hydrogen) atoms. The summed E-state index contributed by atoms with van der Waals surface area (Å²) in [7, 11) is 0. The molecule has 0 radical (unpaired) electrons. The van der Waals surface area contributed by atoms with Gasteiger partial charge in [0.15, 0.2) is 18.9 Å². The molecule has 3 aliphatic rings. The van der Waals surface area contributed by atoms with Crippen LogP contribution in [0, 0.1) is 0 Å². The standard InChI is InChI=1S/C23H39Cl3N2O15/c1-7-11(31)15(35)16(36)20(39-7)43-18-17(13(33)9(6-30)41-21(18)38-4-2-3-27)42-19-10(28-22(37)23(24,25)26)14(34)12(32)8(5-29)40-19/h7-21,29-36H,2-6,27H2,1H3,(H,28,37)/t7-,8+,9+,10+,11+,12-,13-,14+,15+,16-,17-,18+,19+,20-,21+/m0/s1. The zero-order valence-electron chi connectivity index (χ0n) is 22.8. The van der Waals surface area contributed by atoms with Gasteiger partial charge in [-0.05, 0) is 19.9 Å². The first-order valence-corrected chi connectivity index (χ1v) is 14.6. The number of aliphatic hydroxyl groups is 8. The number of hydrogen-bond donors (Lipinski definition) is 10. The van der Waals surface area contributed by atoms with Crippen LogP contribution in [0.25, 0.3) is 0 Å². The summed E-state index contributed by atoms with van der Waals surface area (Å²) in [6.07, 6.45) is -21.9. The Morgan fingerprint density at radius 2 is 1.37 bits per heavy atom. The molecular weight excluding hydrogens is 651 g/mol. The molecule has 3 heterocycles. The van der Waals surface area contributed by atoms with E-state index in [0.717, 1.165) is 0 Å². The minimum atomic E-state index is -2.52. The Morgan fingerprint density at radius 3 is 1.95 bits per heavy atom. The van der Waals surface area contributed by atoms with Gasteiger partial charge in [0.25, 0.3) is 9.70 Å². The molecule has 0 aromatic carbocycles. The minimum absolute atomic E-state index is 0.00678. The van der Waals surface area contributed by atoms with Gasteiger partial charge in [0.05, 0.1) is 25.9 Å². The van der Waals surface area contributed by atoms with Crippen LogP contribution < -0.4 is 11.1 Å². The lowest BCUT2D eigenvalue weighted by molar-refractivity contribution is -0.385. The third kappa shape index (κ3) is 8.76. The maximum atomic E-state index is 12.5. The van der Waals surface area contributed by atoms with Gasteiger partial charge in [-0.3, -0.25) is 4.79 Å². The molecule has 1 amide bonds. The van der Waals surface area contributed by atoms with Crippen LogP contribution in [0.15, 0.2) is 0 Å². The Labute approximate surface area is 261 Å². The van der Waals surface area contributed by atoms with Crippen molar-refractivity contribution in [2.24, 2.45) is 5.73 Å². The number of carbonyl (C=O) groups excluding carboxylic acids is 1. The van der Waals surface area contributed by atoms with E-state index >= 15 is 0 Å². The van der Waals surface area contributed by atoms with E-state index < -0.39 is 115 Å². The number of carbonyl (C=O) groups is 1. The predicted molar refractivity (Wildman–Crippen MR) is 143 cm³/mol. The van der Waals surface area contributed by atoms with E-state index in [-0.39, 0.29) is 13.2 Å². The fraction of sp³-hybridized carbons (Fsp3) is 0.957. The zero-order valence-corrected chi connectivity index (χ0v) is 25.1. The molecule has 20 heteroatoms. The van der Waals surface area contributed by atoms with Crippen molar-refractivity contribution in [1.29, 1.82) is 0 Å². The molecule has 3 saturated heterocycles. The highest BCUT2D eigenvalue weighted by Gasteiger charge is 2.55. The maximum absolute atomic E-state index is 12.5. The molecule has 17 nitrogen and oxygen atoms in total. The van der Waals surface area contributed by atoms with E-state index in [1.807, 2.05) is 0 Å². The highest BCUT2D eigenvalue weighted by molar-refractivity contribution is 6.76. The summed E-state index contributed by atoms with van der Waals surface area (Å²) in [5.74, 6) is -1.25. The first kappa shape index (κ1) is 37.2. The Bertz CT molecular complexity index is 893. The minimum Gasteiger partial charge on any atom is -0.394 e. The lowest BCUT2D eigenvalue weighted by Crippen LogP contribution is -2.69. The number of alkyl halides is 3. The van der Waals surface area contributed by atoms with Crippen molar-refractivity contribution >= 4 is 40.7 Å². The molecule has 3 aliphatic heterocycles. The molecule has 0 aromatic heterocycles. The largest absolute Gasteiger partial charge is 0.394 e. The van der Waals surface area contributed by atoms with Gasteiger partial charge in [-0.2, -0.15) is 0 Å². The van der Waals surface area contributed by atoms with E-state index in [9.17, 15) is 45.6 Å². The third-order valence-electron chi connectivity index (χ3n) is 7.26. The van der Waals surface area contributed by atoms with Crippen LogP contribution in [0.1, 0.15) is 13.3 Å². The summed E-state index contributed by atoms with van der Waals surface area (Å²) in [4.78, 5) is 12.5. The van der Waals surface area contributed by atoms with Gasteiger partial charge in [-0.25, -0.2) is 0 Å². The SMILES string of the molecule is C[C@@H]1O[C@@H](O[C@H]2[C@H](OCCCN)O[C@H](CO)[C@H](O)[C@@H]2O[C@H]2O[C@H](CO)[C@H](O)[C@H](O)[C@H]2NC(=O)C(Cl)(Cl)Cl)[C@@H](O)[C@H](O)[C@@H]1O. The molecule has 3 fully saturated rings. The average Bonchev–Trinajstić information content (AvgIpc) is 2.96. The van der Waals surface area contributed by atoms with Crippen molar-refractivity contribution in [2.75, 3.05) is 26.4 Å². The maximum Gasteiger partial charge on any atom is 0.272 e. The molecule has 0 saturated carbocycles. The normalized spacial score (nSPS) is 44.3. The third-order valence-corrected chi connectivity index (χ3v) is 7.77. The fourth-order valence-electron chi connectivity index (χ4n) is 4.78. The average molecular weight is 690 g/mol. The van der Waals surface area contributed by atoms with Crippen LogP contribution in [-0.2, 0) is 33.2 Å². The van der Waals surface area contributed by atoms with E-state index in [1.54, 1.807) is 0 Å². The topological polar surface area (TPSA) is 272 Å². The summed E-state index contributed by atoms with van der Waals surface area (Å²) in [6, 6.07) is -1.67. The molecule has 0 bridgehead atoms. The zero-order chi connectivity index (χ0) is 32.2. The Morgan fingerprint density at radius 1 is 0.791 bits per heavy atom. The van der Waals surface area contributed by atoms with Gasteiger partial charge in [-0.1, -0.05) is 34.8 Å². The van der Waals surface area contributed by atoms with Crippen LogP contribution in [-0.4, -0.2) is 169 Å². The summed E-state index contributed by atoms with van der Waals surface area (Å²) in [6.45, 7) is 0.0495. The second-order valence-corrected chi connectivity index (χ2v) is 12.6. The number of nitrogens with one attached hydrogen (secondary N) is 1. The molecule has 0 aromatic rings. The molecule has 15 atom stereocenters. The van der Waals surface area contributed by atoms with Crippen LogP contribution in [0.2, 0.25) is 0 Å².